The van der Waals surface area contributed by atoms with E-state index < -0.39 is 37.2 Å². The average Bonchev–Trinajstić information content (AvgIpc) is 2.73. The van der Waals surface area contributed by atoms with Gasteiger partial charge in [-0.2, -0.15) is 0 Å². The normalized spacial score (nSPS) is 14.6. The van der Waals surface area contributed by atoms with E-state index in [-0.39, 0.29) is 15.7 Å². The van der Waals surface area contributed by atoms with Crippen LogP contribution in [0.5, 0.6) is 0 Å². The van der Waals surface area contributed by atoms with E-state index in [2.05, 4.69) is 133 Å². The molecule has 0 saturated heterocycles. The lowest BCUT2D eigenvalue weighted by atomic mass is 10.4. The minimum Gasteiger partial charge on any atom is -0.310 e. The Morgan fingerprint density at radius 1 is 0.441 bits per heavy atom. The van der Waals surface area contributed by atoms with Crippen LogP contribution in [0.25, 0.3) is 0 Å². The zero-order valence-electron chi connectivity index (χ0n) is 21.5. The van der Waals surface area contributed by atoms with Crippen molar-refractivity contribution in [1.82, 2.24) is 0 Å². The van der Waals surface area contributed by atoms with E-state index >= 15 is 0 Å². The number of hydrogen-bond acceptors (Lipinski definition) is 3. The lowest BCUT2D eigenvalue weighted by molar-refractivity contribution is 0.0544. The number of rotatable bonds is 12. The van der Waals surface area contributed by atoms with Crippen LogP contribution in [0.3, 0.4) is 0 Å². The second-order valence-corrected chi connectivity index (χ2v) is 20.4. The summed E-state index contributed by atoms with van der Waals surface area (Å²) in [5.41, 5.74) is 0. The largest absolute Gasteiger partial charge is 0.333 e. The minimum atomic E-state index is -1.51. The van der Waals surface area contributed by atoms with Gasteiger partial charge in [0.2, 0.25) is 0 Å². The van der Waals surface area contributed by atoms with Gasteiger partial charge in [0.15, 0.2) is 0 Å². The highest BCUT2D eigenvalue weighted by Gasteiger charge is 2.36. The second-order valence-electron chi connectivity index (χ2n) is 10.8. The van der Waals surface area contributed by atoms with Crippen LogP contribution in [0.2, 0.25) is 0 Å². The maximum Gasteiger partial charge on any atom is 0.333 e. The molecule has 0 atom stereocenters. The van der Waals surface area contributed by atoms with Crippen molar-refractivity contribution < 1.29 is 13.6 Å². The molecule has 0 aromatic heterocycles. The lowest BCUT2D eigenvalue weighted by Crippen LogP contribution is -2.44. The van der Waals surface area contributed by atoms with Gasteiger partial charge in [0.1, 0.15) is 0 Å². The Kier molecular flexibility index (Phi) is 9.64. The molecule has 0 aliphatic carbocycles. The Morgan fingerprint density at radius 2 is 0.676 bits per heavy atom. The number of hydrogen-bond donors (Lipinski definition) is 0. The quantitative estimate of drug-likeness (QED) is 0.268. The van der Waals surface area contributed by atoms with E-state index in [0.29, 0.717) is 0 Å². The molecule has 0 radical (unpaired) electrons. The van der Waals surface area contributed by atoms with E-state index in [1.165, 1.54) is 15.6 Å². The van der Waals surface area contributed by atoms with Crippen LogP contribution < -0.4 is 15.6 Å². The van der Waals surface area contributed by atoms with Crippen molar-refractivity contribution in [3.8, 4) is 0 Å². The van der Waals surface area contributed by atoms with Crippen LogP contribution in [0.4, 0.5) is 0 Å². The van der Waals surface area contributed by atoms with Gasteiger partial charge in [0.25, 0.3) is 0 Å². The third-order valence-electron chi connectivity index (χ3n) is 5.38. The Bertz CT molecular complexity index is 867. The molecule has 0 N–H and O–H groups in total. The van der Waals surface area contributed by atoms with Gasteiger partial charge < -0.3 is 13.6 Å². The minimum absolute atomic E-state index is 0.276. The molecule has 0 saturated carbocycles. The molecule has 0 unspecified atom stereocenters. The van der Waals surface area contributed by atoms with Crippen LogP contribution in [0.1, 0.15) is 41.5 Å². The van der Waals surface area contributed by atoms with Crippen molar-refractivity contribution in [2.24, 2.45) is 0 Å². The maximum atomic E-state index is 6.72. The third-order valence-corrected chi connectivity index (χ3v) is 13.7. The number of benzene rings is 3. The summed E-state index contributed by atoms with van der Waals surface area (Å²) in [5.74, 6) is 0. The standard InChI is InChI=1S/C27H39O3PSi3/c1-25(2,32-22-16-10-7-11-17-22)28-31(29-26(3,4)33-23-18-12-8-13-19-23)30-27(5,6)34-24-20-14-9-15-21-24/h7-21H,32-34H2,1-6H3. The highest BCUT2D eigenvalue weighted by molar-refractivity contribution is 7.42. The van der Waals surface area contributed by atoms with Crippen molar-refractivity contribution in [3.63, 3.8) is 0 Å². The summed E-state index contributed by atoms with van der Waals surface area (Å²) in [6, 6.07) is 32.1. The van der Waals surface area contributed by atoms with Gasteiger partial charge in [0, 0.05) is 0 Å². The molecule has 0 amide bonds. The summed E-state index contributed by atoms with van der Waals surface area (Å²) in [7, 11) is -3.58. The molecule has 7 heteroatoms. The van der Waals surface area contributed by atoms with Crippen molar-refractivity contribution >= 4 is 52.7 Å². The Hall–Kier alpha value is -1.38. The van der Waals surface area contributed by atoms with Crippen LogP contribution in [-0.4, -0.2) is 44.2 Å². The highest BCUT2D eigenvalue weighted by Crippen LogP contribution is 2.49. The topological polar surface area (TPSA) is 27.7 Å². The van der Waals surface area contributed by atoms with Crippen LogP contribution in [0.15, 0.2) is 91.0 Å². The van der Waals surface area contributed by atoms with Crippen LogP contribution in [-0.2, 0) is 13.6 Å². The summed E-state index contributed by atoms with van der Waals surface area (Å²) in [5, 5.41) is 3.33. The third kappa shape index (κ3) is 9.70. The SMILES string of the molecule is CC(C)(OP(OC(C)(C)[SiH2]c1ccccc1)OC(C)(C)[SiH2]c1ccccc1)[SiH2]c1ccccc1. The van der Waals surface area contributed by atoms with Gasteiger partial charge in [-0.25, -0.2) is 0 Å². The first-order valence-corrected chi connectivity index (χ1v) is 17.4. The molecule has 3 aromatic carbocycles. The zero-order chi connectivity index (χ0) is 24.7. The fourth-order valence-electron chi connectivity index (χ4n) is 4.02. The summed E-state index contributed by atoms with van der Waals surface area (Å²) < 4.78 is 20.1. The predicted octanol–water partition coefficient (Wildman–Crippen LogP) is 2.95. The van der Waals surface area contributed by atoms with Crippen molar-refractivity contribution in [1.29, 1.82) is 0 Å². The monoisotopic (exact) mass is 526 g/mol. The zero-order valence-corrected chi connectivity index (χ0v) is 26.6. The molecule has 0 aliphatic rings. The summed E-state index contributed by atoms with van der Waals surface area (Å²) >= 11 is 0. The average molecular weight is 527 g/mol. The Labute approximate surface area is 214 Å². The van der Waals surface area contributed by atoms with E-state index in [1.54, 1.807) is 0 Å². The van der Waals surface area contributed by atoms with E-state index in [9.17, 15) is 0 Å². The van der Waals surface area contributed by atoms with Crippen molar-refractivity contribution in [3.05, 3.63) is 91.0 Å². The summed E-state index contributed by atoms with van der Waals surface area (Å²) in [4.78, 5) is 0. The molecule has 0 bridgehead atoms. The Balaban J connectivity index is 1.76. The van der Waals surface area contributed by atoms with E-state index in [4.69, 9.17) is 13.6 Å². The molecule has 0 aliphatic heterocycles. The van der Waals surface area contributed by atoms with Crippen molar-refractivity contribution in [2.75, 3.05) is 0 Å². The van der Waals surface area contributed by atoms with Gasteiger partial charge in [0.05, 0.1) is 44.2 Å². The molecule has 0 heterocycles. The first kappa shape index (κ1) is 27.2. The Morgan fingerprint density at radius 3 is 0.912 bits per heavy atom. The van der Waals surface area contributed by atoms with E-state index in [1.807, 2.05) is 0 Å². The molecule has 3 nitrogen and oxygen atoms in total. The maximum absolute atomic E-state index is 6.72. The molecular formula is C27H39O3PSi3. The lowest BCUT2D eigenvalue weighted by Gasteiger charge is -2.37. The second kappa shape index (κ2) is 12.0. The summed E-state index contributed by atoms with van der Waals surface area (Å²) in [6.45, 7) is 13.2. The first-order chi connectivity index (χ1) is 16.0. The van der Waals surface area contributed by atoms with E-state index in [0.717, 1.165) is 0 Å². The van der Waals surface area contributed by atoms with Gasteiger partial charge in [-0.1, -0.05) is 107 Å². The molecule has 0 spiro atoms. The molecule has 3 rings (SSSR count). The van der Waals surface area contributed by atoms with Gasteiger partial charge in [-0.15, -0.1) is 0 Å². The van der Waals surface area contributed by atoms with Gasteiger partial charge >= 0.3 is 8.60 Å². The van der Waals surface area contributed by atoms with Gasteiger partial charge in [-0.05, 0) is 41.5 Å². The summed E-state index contributed by atoms with van der Waals surface area (Å²) in [6.07, 6.45) is 0. The fourth-order valence-corrected chi connectivity index (χ4v) is 11.5. The fraction of sp³-hybridized carbons (Fsp3) is 0.333. The first-order valence-electron chi connectivity index (χ1n) is 12.0. The van der Waals surface area contributed by atoms with Crippen molar-refractivity contribution in [2.45, 2.75) is 57.2 Å². The predicted molar refractivity (Wildman–Crippen MR) is 156 cm³/mol. The molecular weight excluding hydrogens is 488 g/mol. The van der Waals surface area contributed by atoms with Crippen LogP contribution >= 0.6 is 8.60 Å². The van der Waals surface area contributed by atoms with Crippen LogP contribution in [0, 0.1) is 0 Å². The molecule has 3 aromatic rings. The van der Waals surface area contributed by atoms with Gasteiger partial charge in [-0.3, -0.25) is 0 Å². The molecule has 34 heavy (non-hydrogen) atoms. The highest BCUT2D eigenvalue weighted by atomic mass is 31.2. The smallest absolute Gasteiger partial charge is 0.310 e. The molecule has 0 fully saturated rings. The molecule has 182 valence electrons.